The molecule has 0 bridgehead atoms. The van der Waals surface area contributed by atoms with Crippen LogP contribution in [0.2, 0.25) is 0 Å². The van der Waals surface area contributed by atoms with E-state index in [9.17, 15) is 0 Å². The van der Waals surface area contributed by atoms with Crippen molar-refractivity contribution in [3.63, 3.8) is 0 Å². The van der Waals surface area contributed by atoms with Gasteiger partial charge >= 0.3 is 19.5 Å². The Bertz CT molecular complexity index is 561. The minimum absolute atomic E-state index is 0. The second-order valence-electron chi connectivity index (χ2n) is 9.98. The zero-order chi connectivity index (χ0) is 23.3. The largest absolute Gasteiger partial charge is 3.00 e. The Hall–Kier alpha value is -0.427. The van der Waals surface area contributed by atoms with Crippen LogP contribution in [0.15, 0.2) is 24.5 Å². The van der Waals surface area contributed by atoms with Crippen molar-refractivity contribution in [3.8, 4) is 0 Å². The second kappa shape index (κ2) is 17.1. The molecule has 2 aliphatic rings. The first-order valence-electron chi connectivity index (χ1n) is 11.9. The number of aromatic nitrogens is 1. The Morgan fingerprint density at radius 2 is 1.62 bits per heavy atom. The van der Waals surface area contributed by atoms with E-state index in [4.69, 9.17) is 10.2 Å². The van der Waals surface area contributed by atoms with Crippen molar-refractivity contribution in [2.24, 2.45) is 0 Å². The van der Waals surface area contributed by atoms with Crippen LogP contribution in [-0.2, 0) is 24.9 Å². The van der Waals surface area contributed by atoms with Gasteiger partial charge in [-0.05, 0) is 69.6 Å². The molecule has 3 atom stereocenters. The van der Waals surface area contributed by atoms with Crippen LogP contribution < -0.4 is 0 Å². The van der Waals surface area contributed by atoms with Crippen molar-refractivity contribution < 1.29 is 29.7 Å². The zero-order valence-electron chi connectivity index (χ0n) is 21.1. The summed E-state index contributed by atoms with van der Waals surface area (Å²) in [4.78, 5) is 8.74. The summed E-state index contributed by atoms with van der Waals surface area (Å²) in [6.45, 7) is 11.1. The Kier molecular flexibility index (Phi) is 16.8. The van der Waals surface area contributed by atoms with Crippen LogP contribution in [0.4, 0.5) is 0 Å². The van der Waals surface area contributed by atoms with Crippen molar-refractivity contribution in [1.82, 2.24) is 14.8 Å². The molecule has 0 spiro atoms. The summed E-state index contributed by atoms with van der Waals surface area (Å²) in [5, 5.41) is 22.3. The standard InChI is InChI=1S/C9H20N3.C9H13N.C7H14O2.Ru/c1-10-5-7-11(2)8-9-4-6-12(9)3;1-9(2,3)8-4-6-10-7-5-8;8-6-4-2-1-3-5-7(6)9;/h9H,4-8H2,1-3H3;4-7H,1-3H3;6-9H,1-5H2;/q-1;;;+3. The van der Waals surface area contributed by atoms with Gasteiger partial charge in [0.1, 0.15) is 0 Å². The fraction of sp³-hybridized carbons (Fsp3) is 0.800. The van der Waals surface area contributed by atoms with Crippen LogP contribution in [0.3, 0.4) is 0 Å². The number of pyridine rings is 1. The van der Waals surface area contributed by atoms with Crippen LogP contribution in [0.25, 0.3) is 5.32 Å². The molecule has 2 N–H and O–H groups in total. The molecule has 0 aromatic carbocycles. The van der Waals surface area contributed by atoms with E-state index in [2.05, 4.69) is 67.1 Å². The maximum atomic E-state index is 9.11. The predicted octanol–water partition coefficient (Wildman–Crippen LogP) is 3.67. The first kappa shape index (κ1) is 31.6. The van der Waals surface area contributed by atoms with Gasteiger partial charge in [0.05, 0.1) is 12.2 Å². The number of aliphatic hydroxyl groups is 2. The van der Waals surface area contributed by atoms with Gasteiger partial charge in [0.15, 0.2) is 0 Å². The molecule has 1 aliphatic carbocycles. The summed E-state index contributed by atoms with van der Waals surface area (Å²) in [6.07, 6.45) is 8.98. The van der Waals surface area contributed by atoms with Crippen molar-refractivity contribution >= 4 is 0 Å². The first-order valence-corrected chi connectivity index (χ1v) is 11.9. The Morgan fingerprint density at radius 3 is 2.00 bits per heavy atom. The van der Waals surface area contributed by atoms with E-state index < -0.39 is 12.2 Å². The molecule has 0 amide bonds. The maximum Gasteiger partial charge on any atom is 3.00 e. The third-order valence-electron chi connectivity index (χ3n) is 6.16. The third kappa shape index (κ3) is 13.3. The molecule has 32 heavy (non-hydrogen) atoms. The van der Waals surface area contributed by atoms with E-state index >= 15 is 0 Å². The fourth-order valence-electron chi connectivity index (χ4n) is 3.64. The molecule has 1 aromatic heterocycles. The number of rotatable bonds is 5. The van der Waals surface area contributed by atoms with Crippen molar-refractivity contribution in [2.75, 3.05) is 47.3 Å². The average molecular weight is 537 g/mol. The van der Waals surface area contributed by atoms with Gasteiger partial charge in [0, 0.05) is 25.0 Å². The monoisotopic (exact) mass is 537 g/mol. The average Bonchev–Trinajstić information content (AvgIpc) is 2.93. The van der Waals surface area contributed by atoms with Gasteiger partial charge < -0.3 is 25.3 Å². The molecule has 1 saturated heterocycles. The topological polar surface area (TPSA) is 73.9 Å². The molecule has 3 rings (SSSR count). The van der Waals surface area contributed by atoms with E-state index in [0.29, 0.717) is 0 Å². The van der Waals surface area contributed by atoms with Crippen molar-refractivity contribution in [2.45, 2.75) is 83.0 Å². The summed E-state index contributed by atoms with van der Waals surface area (Å²) in [7, 11) is 6.26. The normalized spacial score (nSPS) is 23.5. The van der Waals surface area contributed by atoms with Crippen LogP contribution in [0.1, 0.15) is 64.9 Å². The molecular formula is C25H47N4O2Ru+2. The maximum absolute atomic E-state index is 9.11. The smallest absolute Gasteiger partial charge is 0.664 e. The van der Waals surface area contributed by atoms with E-state index in [-0.39, 0.29) is 24.9 Å². The van der Waals surface area contributed by atoms with Gasteiger partial charge in [0.25, 0.3) is 0 Å². The number of likely N-dealkylation sites (N-methyl/N-ethyl adjacent to an activating group) is 3. The molecule has 3 unspecified atom stereocenters. The van der Waals surface area contributed by atoms with Gasteiger partial charge in [0.2, 0.25) is 0 Å². The van der Waals surface area contributed by atoms with E-state index in [0.717, 1.165) is 51.2 Å². The molecule has 1 aliphatic heterocycles. The molecule has 2 heterocycles. The van der Waals surface area contributed by atoms with Gasteiger partial charge in [-0.3, -0.25) is 4.98 Å². The number of aliphatic hydroxyl groups excluding tert-OH is 2. The quantitative estimate of drug-likeness (QED) is 0.444. The molecule has 6 nitrogen and oxygen atoms in total. The van der Waals surface area contributed by atoms with Gasteiger partial charge in [-0.2, -0.15) is 7.05 Å². The van der Waals surface area contributed by atoms with Crippen LogP contribution in [0.5, 0.6) is 0 Å². The number of likely N-dealkylation sites (tertiary alicyclic amines) is 1. The summed E-state index contributed by atoms with van der Waals surface area (Å²) in [5.41, 5.74) is 1.59. The van der Waals surface area contributed by atoms with E-state index in [1.54, 1.807) is 0 Å². The fourth-order valence-corrected chi connectivity index (χ4v) is 3.64. The molecule has 1 aromatic rings. The van der Waals surface area contributed by atoms with Crippen LogP contribution in [-0.4, -0.2) is 90.6 Å². The van der Waals surface area contributed by atoms with Crippen LogP contribution in [0, 0.1) is 0 Å². The Balaban J connectivity index is 0.000000448. The summed E-state index contributed by atoms with van der Waals surface area (Å²) in [6, 6.07) is 4.91. The molecular weight excluding hydrogens is 489 g/mol. The molecule has 185 valence electrons. The number of hydrogen-bond acceptors (Lipinski definition) is 5. The van der Waals surface area contributed by atoms with Gasteiger partial charge in [-0.25, -0.2) is 0 Å². The predicted molar refractivity (Wildman–Crippen MR) is 131 cm³/mol. The molecule has 1 saturated carbocycles. The van der Waals surface area contributed by atoms with Crippen molar-refractivity contribution in [3.05, 3.63) is 35.4 Å². The number of hydrogen-bond donors (Lipinski definition) is 2. The molecule has 1 radical (unpaired) electrons. The minimum atomic E-state index is -0.451. The van der Waals surface area contributed by atoms with E-state index in [1.165, 1.54) is 25.1 Å². The Morgan fingerprint density at radius 1 is 1.06 bits per heavy atom. The first-order chi connectivity index (χ1) is 14.6. The molecule has 2 fully saturated rings. The van der Waals surface area contributed by atoms with E-state index in [1.807, 2.05) is 19.4 Å². The summed E-state index contributed by atoms with van der Waals surface area (Å²) < 4.78 is 0. The zero-order valence-corrected chi connectivity index (χ0v) is 22.9. The minimum Gasteiger partial charge on any atom is -0.664 e. The number of nitrogens with zero attached hydrogens (tertiary/aromatic N) is 4. The summed E-state index contributed by atoms with van der Waals surface area (Å²) >= 11 is 0. The second-order valence-corrected chi connectivity index (χ2v) is 9.98. The van der Waals surface area contributed by atoms with Gasteiger partial charge in [-0.15, -0.1) is 6.54 Å². The van der Waals surface area contributed by atoms with Crippen molar-refractivity contribution in [1.29, 1.82) is 0 Å². The van der Waals surface area contributed by atoms with Gasteiger partial charge in [-0.1, -0.05) is 40.0 Å². The Labute approximate surface area is 209 Å². The third-order valence-corrected chi connectivity index (χ3v) is 6.16. The summed E-state index contributed by atoms with van der Waals surface area (Å²) in [5.74, 6) is 0. The molecule has 7 heteroatoms. The van der Waals surface area contributed by atoms with Crippen LogP contribution >= 0.6 is 0 Å². The SMILES string of the molecule is CC(C)(C)c1ccncc1.C[N-]CCN(C)CC1CCN1C.OC1CCCCCC1O.[Ru+3].